The summed E-state index contributed by atoms with van der Waals surface area (Å²) in [4.78, 5) is 22.4. The van der Waals surface area contributed by atoms with Crippen molar-refractivity contribution in [3.63, 3.8) is 0 Å². The Morgan fingerprint density at radius 1 is 1.38 bits per heavy atom. The number of nitrogens with zero attached hydrogens (tertiary/aromatic N) is 1. The number of hydrogen-bond donors (Lipinski definition) is 0. The van der Waals surface area contributed by atoms with E-state index >= 15 is 0 Å². The van der Waals surface area contributed by atoms with Crippen molar-refractivity contribution in [1.29, 1.82) is 0 Å². The zero-order valence-electron chi connectivity index (χ0n) is 11.8. The van der Waals surface area contributed by atoms with Crippen molar-refractivity contribution in [3.8, 4) is 0 Å². The first-order valence-corrected chi connectivity index (χ1v) is 6.62. The minimum atomic E-state index is -0.534. The Kier molecular flexibility index (Phi) is 4.33. The van der Waals surface area contributed by atoms with Crippen LogP contribution in [0.1, 0.15) is 26.0 Å². The molecule has 2 aromatic rings. The molecule has 0 aliphatic carbocycles. The van der Waals surface area contributed by atoms with Crippen LogP contribution >= 0.6 is 0 Å². The lowest BCUT2D eigenvalue weighted by Crippen LogP contribution is -2.02. The van der Waals surface area contributed by atoms with E-state index in [0.717, 1.165) is 12.0 Å². The molecule has 1 heterocycles. The van der Waals surface area contributed by atoms with Gasteiger partial charge in [-0.3, -0.25) is 14.9 Å². The number of rotatable bonds is 4. The first-order valence-electron chi connectivity index (χ1n) is 6.62. The normalized spacial score (nSPS) is 12.2. The van der Waals surface area contributed by atoms with Gasteiger partial charge in [0.25, 0.3) is 5.69 Å². The average molecular weight is 285 g/mol. The van der Waals surface area contributed by atoms with E-state index in [9.17, 15) is 14.9 Å². The molecule has 0 unspecified atom stereocenters. The monoisotopic (exact) mass is 285 g/mol. The van der Waals surface area contributed by atoms with Crippen LogP contribution in [-0.4, -0.2) is 4.92 Å². The van der Waals surface area contributed by atoms with Gasteiger partial charge in [0.1, 0.15) is 11.3 Å². The summed E-state index contributed by atoms with van der Waals surface area (Å²) in [5.74, 6) is 0.452. The highest BCUT2D eigenvalue weighted by Crippen LogP contribution is 2.23. The fourth-order valence-electron chi connectivity index (χ4n) is 1.97. The second kappa shape index (κ2) is 6.17. The van der Waals surface area contributed by atoms with E-state index in [0.29, 0.717) is 11.3 Å². The minimum Gasteiger partial charge on any atom is -0.456 e. The van der Waals surface area contributed by atoms with Gasteiger partial charge in [0.2, 0.25) is 0 Å². The van der Waals surface area contributed by atoms with E-state index in [4.69, 9.17) is 4.42 Å². The SMILES string of the molecule is C/C=C(\C=C/CC)c1cc(=O)c2cc([N+](=O)[O-])ccc2o1. The predicted octanol–water partition coefficient (Wildman–Crippen LogP) is 4.07. The molecule has 1 aromatic heterocycles. The first kappa shape index (κ1) is 14.7. The van der Waals surface area contributed by atoms with Crippen LogP contribution in [0.25, 0.3) is 16.5 Å². The second-order valence-corrected chi connectivity index (χ2v) is 4.47. The highest BCUT2D eigenvalue weighted by atomic mass is 16.6. The largest absolute Gasteiger partial charge is 0.456 e. The minimum absolute atomic E-state index is 0.125. The lowest BCUT2D eigenvalue weighted by molar-refractivity contribution is -0.384. The predicted molar refractivity (Wildman–Crippen MR) is 82.2 cm³/mol. The van der Waals surface area contributed by atoms with Crippen molar-refractivity contribution in [2.24, 2.45) is 0 Å². The molecule has 21 heavy (non-hydrogen) atoms. The van der Waals surface area contributed by atoms with Crippen LogP contribution in [0.3, 0.4) is 0 Å². The molecule has 1 aromatic carbocycles. The molecule has 5 nitrogen and oxygen atoms in total. The Balaban J connectivity index is 2.61. The maximum atomic E-state index is 12.1. The summed E-state index contributed by atoms with van der Waals surface area (Å²) in [6.07, 6.45) is 6.58. The van der Waals surface area contributed by atoms with Crippen LogP contribution < -0.4 is 5.43 Å². The van der Waals surface area contributed by atoms with E-state index in [2.05, 4.69) is 0 Å². The lowest BCUT2D eigenvalue weighted by Gasteiger charge is -2.03. The fourth-order valence-corrected chi connectivity index (χ4v) is 1.97. The van der Waals surface area contributed by atoms with Gasteiger partial charge in [-0.25, -0.2) is 0 Å². The summed E-state index contributed by atoms with van der Waals surface area (Å²) in [5, 5.41) is 11.0. The van der Waals surface area contributed by atoms with Crippen LogP contribution in [0.5, 0.6) is 0 Å². The molecule has 0 fully saturated rings. The van der Waals surface area contributed by atoms with E-state index in [-0.39, 0.29) is 16.5 Å². The number of nitro benzene ring substituents is 1. The van der Waals surface area contributed by atoms with Crippen molar-refractivity contribution < 1.29 is 9.34 Å². The molecule has 0 radical (unpaired) electrons. The number of non-ortho nitro benzene ring substituents is 1. The summed E-state index contributed by atoms with van der Waals surface area (Å²) in [5.41, 5.74) is 0.723. The Bertz CT molecular complexity index is 800. The van der Waals surface area contributed by atoms with Gasteiger partial charge >= 0.3 is 0 Å². The second-order valence-electron chi connectivity index (χ2n) is 4.47. The van der Waals surface area contributed by atoms with Gasteiger partial charge in [-0.2, -0.15) is 0 Å². The topological polar surface area (TPSA) is 73.3 Å². The number of benzene rings is 1. The molecular weight excluding hydrogens is 270 g/mol. The number of hydrogen-bond acceptors (Lipinski definition) is 4. The van der Waals surface area contributed by atoms with E-state index in [1.165, 1.54) is 24.3 Å². The molecule has 0 aliphatic heterocycles. The maximum absolute atomic E-state index is 12.1. The zero-order chi connectivity index (χ0) is 15.4. The first-order chi connectivity index (χ1) is 10.1. The third kappa shape index (κ3) is 3.08. The van der Waals surface area contributed by atoms with Gasteiger partial charge in [0.15, 0.2) is 5.43 Å². The van der Waals surface area contributed by atoms with E-state index in [1.54, 1.807) is 0 Å². The summed E-state index contributed by atoms with van der Waals surface area (Å²) < 4.78 is 5.69. The van der Waals surface area contributed by atoms with Crippen LogP contribution in [0.15, 0.2) is 51.7 Å². The highest BCUT2D eigenvalue weighted by molar-refractivity contribution is 5.81. The molecule has 0 aliphatic rings. The van der Waals surface area contributed by atoms with E-state index in [1.807, 2.05) is 32.1 Å². The number of allylic oxidation sites excluding steroid dienone is 4. The molecule has 0 saturated carbocycles. The Labute approximate surface area is 121 Å². The van der Waals surface area contributed by atoms with Gasteiger partial charge in [-0.15, -0.1) is 0 Å². The smallest absolute Gasteiger partial charge is 0.270 e. The highest BCUT2D eigenvalue weighted by Gasteiger charge is 2.12. The molecule has 0 N–H and O–H groups in total. The summed E-state index contributed by atoms with van der Waals surface area (Å²) in [6, 6.07) is 5.38. The molecule has 0 atom stereocenters. The third-order valence-electron chi connectivity index (χ3n) is 3.05. The molecule has 2 rings (SSSR count). The van der Waals surface area contributed by atoms with Crippen molar-refractivity contribution >= 4 is 22.2 Å². The van der Waals surface area contributed by atoms with Crippen LogP contribution in [0, 0.1) is 10.1 Å². The molecule has 108 valence electrons. The lowest BCUT2D eigenvalue weighted by atomic mass is 10.1. The molecular formula is C16H15NO4. The molecule has 0 amide bonds. The van der Waals surface area contributed by atoms with Gasteiger partial charge in [-0.1, -0.05) is 25.2 Å². The molecule has 0 spiro atoms. The Morgan fingerprint density at radius 2 is 2.14 bits per heavy atom. The van der Waals surface area contributed by atoms with Crippen molar-refractivity contribution in [2.75, 3.05) is 0 Å². The van der Waals surface area contributed by atoms with E-state index < -0.39 is 4.92 Å². The van der Waals surface area contributed by atoms with Gasteiger partial charge < -0.3 is 4.42 Å². The molecule has 0 bridgehead atoms. The molecule has 0 saturated heterocycles. The van der Waals surface area contributed by atoms with Crippen LogP contribution in [0.4, 0.5) is 5.69 Å². The molecule has 5 heteroatoms. The van der Waals surface area contributed by atoms with Crippen molar-refractivity contribution in [1.82, 2.24) is 0 Å². The summed E-state index contributed by atoms with van der Waals surface area (Å²) >= 11 is 0. The average Bonchev–Trinajstić information content (AvgIpc) is 2.47. The van der Waals surface area contributed by atoms with Crippen molar-refractivity contribution in [3.05, 3.63) is 68.6 Å². The van der Waals surface area contributed by atoms with Crippen LogP contribution in [0.2, 0.25) is 0 Å². The third-order valence-corrected chi connectivity index (χ3v) is 3.05. The zero-order valence-corrected chi connectivity index (χ0v) is 11.8. The Hall–Kier alpha value is -2.69. The standard InChI is InChI=1S/C16H15NO4/c1-3-5-6-11(4-2)16-10-14(18)13-9-12(17(19)20)7-8-15(13)21-16/h4-10H,3H2,1-2H3/b6-5-,11-4+. The van der Waals surface area contributed by atoms with Gasteiger partial charge in [0.05, 0.1) is 10.3 Å². The number of nitro groups is 1. The maximum Gasteiger partial charge on any atom is 0.270 e. The van der Waals surface area contributed by atoms with Gasteiger partial charge in [-0.05, 0) is 19.4 Å². The fraction of sp³-hybridized carbons (Fsp3) is 0.188. The van der Waals surface area contributed by atoms with Gasteiger partial charge in [0, 0.05) is 23.8 Å². The summed E-state index contributed by atoms with van der Waals surface area (Å²) in [7, 11) is 0. The number of fused-ring (bicyclic) bond motifs is 1. The van der Waals surface area contributed by atoms with Crippen LogP contribution in [-0.2, 0) is 0 Å². The summed E-state index contributed by atoms with van der Waals surface area (Å²) in [6.45, 7) is 3.87. The quantitative estimate of drug-likeness (QED) is 0.482. The Morgan fingerprint density at radius 3 is 2.76 bits per heavy atom. The van der Waals surface area contributed by atoms with Crippen molar-refractivity contribution in [2.45, 2.75) is 20.3 Å².